The van der Waals surface area contributed by atoms with Crippen molar-refractivity contribution in [1.82, 2.24) is 4.98 Å². The van der Waals surface area contributed by atoms with Gasteiger partial charge < -0.3 is 0 Å². The summed E-state index contributed by atoms with van der Waals surface area (Å²) in [6, 6.07) is 11.8. The molecule has 0 radical (unpaired) electrons. The monoisotopic (exact) mass is 379 g/mol. The SMILES string of the molecule is O=C(Cc1ccnc2ccccc12)c1csc(I)c1. The van der Waals surface area contributed by atoms with Gasteiger partial charge in [0, 0.05) is 28.9 Å². The average molecular weight is 379 g/mol. The molecule has 0 fully saturated rings. The van der Waals surface area contributed by atoms with Gasteiger partial charge in [0.05, 0.1) is 8.40 Å². The normalized spacial score (nSPS) is 10.8. The summed E-state index contributed by atoms with van der Waals surface area (Å²) in [7, 11) is 0. The number of para-hydroxylation sites is 1. The summed E-state index contributed by atoms with van der Waals surface area (Å²) >= 11 is 3.84. The van der Waals surface area contributed by atoms with Crippen LogP contribution in [0.4, 0.5) is 0 Å². The van der Waals surface area contributed by atoms with Crippen LogP contribution in [0, 0.1) is 2.88 Å². The standard InChI is InChI=1S/C15H10INOS/c16-15-8-11(9-19-15)14(18)7-10-5-6-17-13-4-2-1-3-12(10)13/h1-6,8-9H,7H2. The van der Waals surface area contributed by atoms with Crippen molar-refractivity contribution in [2.45, 2.75) is 6.42 Å². The van der Waals surface area contributed by atoms with Crippen LogP contribution in [-0.2, 0) is 6.42 Å². The van der Waals surface area contributed by atoms with Crippen LogP contribution in [0.3, 0.4) is 0 Å². The number of halogens is 1. The molecule has 94 valence electrons. The van der Waals surface area contributed by atoms with Crippen molar-refractivity contribution in [3.05, 3.63) is 62.0 Å². The molecule has 1 aromatic carbocycles. The van der Waals surface area contributed by atoms with Crippen LogP contribution >= 0.6 is 33.9 Å². The molecule has 0 atom stereocenters. The molecule has 3 rings (SSSR count). The molecule has 0 aliphatic heterocycles. The van der Waals surface area contributed by atoms with Gasteiger partial charge in [0.25, 0.3) is 0 Å². The van der Waals surface area contributed by atoms with Crippen LogP contribution in [0.5, 0.6) is 0 Å². The summed E-state index contributed by atoms with van der Waals surface area (Å²) in [4.78, 5) is 16.6. The molecular weight excluding hydrogens is 369 g/mol. The maximum Gasteiger partial charge on any atom is 0.168 e. The molecule has 0 bridgehead atoms. The number of aromatic nitrogens is 1. The quantitative estimate of drug-likeness (QED) is 0.501. The topological polar surface area (TPSA) is 30.0 Å². The van der Waals surface area contributed by atoms with Gasteiger partial charge in [0.15, 0.2) is 5.78 Å². The Labute approximate surface area is 128 Å². The Kier molecular flexibility index (Phi) is 3.61. The smallest absolute Gasteiger partial charge is 0.168 e. The van der Waals surface area contributed by atoms with E-state index in [1.165, 1.54) is 0 Å². The Morgan fingerprint density at radius 3 is 2.89 bits per heavy atom. The van der Waals surface area contributed by atoms with E-state index in [2.05, 4.69) is 27.6 Å². The zero-order valence-electron chi connectivity index (χ0n) is 9.97. The van der Waals surface area contributed by atoms with Crippen molar-refractivity contribution in [1.29, 1.82) is 0 Å². The first-order valence-electron chi connectivity index (χ1n) is 5.84. The molecule has 2 aromatic heterocycles. The van der Waals surface area contributed by atoms with Gasteiger partial charge in [-0.05, 0) is 46.4 Å². The Bertz CT molecular complexity index is 745. The molecule has 0 amide bonds. The van der Waals surface area contributed by atoms with Crippen LogP contribution in [-0.4, -0.2) is 10.8 Å². The summed E-state index contributed by atoms with van der Waals surface area (Å²) in [6.07, 6.45) is 2.19. The van der Waals surface area contributed by atoms with Gasteiger partial charge in [-0.25, -0.2) is 0 Å². The molecule has 0 saturated carbocycles. The molecule has 2 nitrogen and oxygen atoms in total. The van der Waals surface area contributed by atoms with Gasteiger partial charge in [-0.2, -0.15) is 0 Å². The Morgan fingerprint density at radius 1 is 1.26 bits per heavy atom. The zero-order valence-corrected chi connectivity index (χ0v) is 12.9. The number of thiophene rings is 1. The van der Waals surface area contributed by atoms with Crippen molar-refractivity contribution >= 4 is 50.6 Å². The van der Waals surface area contributed by atoms with E-state index in [4.69, 9.17) is 0 Å². The zero-order chi connectivity index (χ0) is 13.2. The third kappa shape index (κ3) is 2.69. The first-order valence-corrected chi connectivity index (χ1v) is 7.80. The van der Waals surface area contributed by atoms with Crippen LogP contribution < -0.4 is 0 Å². The number of carbonyl (C=O) groups excluding carboxylic acids is 1. The minimum atomic E-state index is 0.163. The Hall–Kier alpha value is -1.27. The van der Waals surface area contributed by atoms with Crippen LogP contribution in [0.25, 0.3) is 10.9 Å². The van der Waals surface area contributed by atoms with Crippen molar-refractivity contribution in [3.8, 4) is 0 Å². The summed E-state index contributed by atoms with van der Waals surface area (Å²) in [6.45, 7) is 0. The minimum Gasteiger partial charge on any atom is -0.294 e. The minimum absolute atomic E-state index is 0.163. The van der Waals surface area contributed by atoms with Crippen LogP contribution in [0.2, 0.25) is 0 Å². The number of carbonyl (C=O) groups is 1. The lowest BCUT2D eigenvalue weighted by Crippen LogP contribution is -2.03. The molecule has 0 saturated heterocycles. The molecule has 0 unspecified atom stereocenters. The molecular formula is C15H10INOS. The number of pyridine rings is 1. The van der Waals surface area contributed by atoms with E-state index in [-0.39, 0.29) is 5.78 Å². The van der Waals surface area contributed by atoms with Crippen molar-refractivity contribution in [2.75, 3.05) is 0 Å². The third-order valence-electron chi connectivity index (χ3n) is 2.98. The van der Waals surface area contributed by atoms with E-state index < -0.39 is 0 Å². The van der Waals surface area contributed by atoms with Gasteiger partial charge in [-0.3, -0.25) is 9.78 Å². The number of fused-ring (bicyclic) bond motifs is 1. The maximum absolute atomic E-state index is 12.3. The first-order chi connectivity index (χ1) is 9.24. The summed E-state index contributed by atoms with van der Waals surface area (Å²) in [5.74, 6) is 0.163. The van der Waals surface area contributed by atoms with E-state index in [0.29, 0.717) is 6.42 Å². The molecule has 4 heteroatoms. The fourth-order valence-electron chi connectivity index (χ4n) is 2.04. The maximum atomic E-state index is 12.3. The van der Waals surface area contributed by atoms with Gasteiger partial charge >= 0.3 is 0 Å². The third-order valence-corrected chi connectivity index (χ3v) is 4.77. The Balaban J connectivity index is 1.95. The van der Waals surface area contributed by atoms with Crippen molar-refractivity contribution in [2.24, 2.45) is 0 Å². The summed E-state index contributed by atoms with van der Waals surface area (Å²) < 4.78 is 1.14. The molecule has 0 aliphatic rings. The number of hydrogen-bond acceptors (Lipinski definition) is 3. The van der Waals surface area contributed by atoms with Crippen molar-refractivity contribution < 1.29 is 4.79 Å². The lowest BCUT2D eigenvalue weighted by molar-refractivity contribution is 0.0993. The van der Waals surface area contributed by atoms with E-state index >= 15 is 0 Å². The average Bonchev–Trinajstić information content (AvgIpc) is 2.86. The number of rotatable bonds is 3. The number of nitrogens with zero attached hydrogens (tertiary/aromatic N) is 1. The fourth-order valence-corrected chi connectivity index (χ4v) is 3.39. The molecule has 0 spiro atoms. The van der Waals surface area contributed by atoms with E-state index in [1.54, 1.807) is 17.5 Å². The molecule has 19 heavy (non-hydrogen) atoms. The summed E-state index contributed by atoms with van der Waals surface area (Å²) in [5.41, 5.74) is 2.78. The molecule has 3 aromatic rings. The van der Waals surface area contributed by atoms with Crippen molar-refractivity contribution in [3.63, 3.8) is 0 Å². The highest BCUT2D eigenvalue weighted by molar-refractivity contribution is 14.1. The highest BCUT2D eigenvalue weighted by atomic mass is 127. The molecule has 0 aliphatic carbocycles. The molecule has 0 N–H and O–H groups in total. The summed E-state index contributed by atoms with van der Waals surface area (Å²) in [5, 5.41) is 2.98. The molecule has 2 heterocycles. The highest BCUT2D eigenvalue weighted by Gasteiger charge is 2.11. The largest absolute Gasteiger partial charge is 0.294 e. The van der Waals surface area contributed by atoms with E-state index in [1.807, 2.05) is 41.8 Å². The van der Waals surface area contributed by atoms with E-state index in [9.17, 15) is 4.79 Å². The first kappa shape index (κ1) is 12.7. The predicted molar refractivity (Wildman–Crippen MR) is 86.8 cm³/mol. The Morgan fingerprint density at radius 2 is 2.11 bits per heavy atom. The van der Waals surface area contributed by atoms with Gasteiger partial charge in [0.1, 0.15) is 0 Å². The second-order valence-electron chi connectivity index (χ2n) is 4.23. The number of benzene rings is 1. The van der Waals surface area contributed by atoms with Gasteiger partial charge in [-0.1, -0.05) is 18.2 Å². The van der Waals surface area contributed by atoms with E-state index in [0.717, 1.165) is 24.9 Å². The lowest BCUT2D eigenvalue weighted by Gasteiger charge is -2.04. The van der Waals surface area contributed by atoms with Crippen LogP contribution in [0.15, 0.2) is 48.0 Å². The lowest BCUT2D eigenvalue weighted by atomic mass is 10.0. The van der Waals surface area contributed by atoms with Gasteiger partial charge in [-0.15, -0.1) is 11.3 Å². The number of ketones is 1. The second-order valence-corrected chi connectivity index (χ2v) is 7.03. The van der Waals surface area contributed by atoms with Gasteiger partial charge in [0.2, 0.25) is 0 Å². The fraction of sp³-hybridized carbons (Fsp3) is 0.0667. The number of Topliss-reactive ketones (excluding diaryl/α,β-unsaturated/α-hetero) is 1. The predicted octanol–water partition coefficient (Wildman–Crippen LogP) is 4.33. The number of hydrogen-bond donors (Lipinski definition) is 0. The second kappa shape index (κ2) is 5.38. The van der Waals surface area contributed by atoms with Crippen LogP contribution in [0.1, 0.15) is 15.9 Å². The highest BCUT2D eigenvalue weighted by Crippen LogP contribution is 2.21.